The third-order valence-electron chi connectivity index (χ3n) is 2.71. The largest absolute Gasteiger partial charge is 0.480 e. The minimum atomic E-state index is -4.43. The number of alkyl halides is 3. The minimum Gasteiger partial charge on any atom is -0.480 e. The van der Waals surface area contributed by atoms with Gasteiger partial charge in [0.15, 0.2) is 6.04 Å². The van der Waals surface area contributed by atoms with Crippen LogP contribution in [-0.4, -0.2) is 49.8 Å². The summed E-state index contributed by atoms with van der Waals surface area (Å²) >= 11 is 1.23. The zero-order chi connectivity index (χ0) is 16.0. The van der Waals surface area contributed by atoms with Crippen molar-refractivity contribution in [2.45, 2.75) is 38.0 Å². The minimum absolute atomic E-state index is 0.176. The highest BCUT2D eigenvalue weighted by molar-refractivity contribution is 7.99. The molecule has 1 aromatic rings. The van der Waals surface area contributed by atoms with Gasteiger partial charge in [-0.2, -0.15) is 39.9 Å². The molecular weight excluding hydrogens is 309 g/mol. The van der Waals surface area contributed by atoms with E-state index in [4.69, 9.17) is 10.8 Å². The lowest BCUT2D eigenvalue weighted by atomic mass is 10.2. The van der Waals surface area contributed by atoms with E-state index in [1.807, 2.05) is 0 Å². The van der Waals surface area contributed by atoms with Gasteiger partial charge >= 0.3 is 12.1 Å². The van der Waals surface area contributed by atoms with Crippen LogP contribution in [0.4, 0.5) is 13.2 Å². The fraction of sp³-hybridized carbons (Fsp3) is 0.727. The van der Waals surface area contributed by atoms with Gasteiger partial charge in [0.05, 0.1) is 11.9 Å². The van der Waals surface area contributed by atoms with E-state index >= 15 is 0 Å². The van der Waals surface area contributed by atoms with Gasteiger partial charge < -0.3 is 10.8 Å². The van der Waals surface area contributed by atoms with E-state index in [2.05, 4.69) is 10.2 Å². The van der Waals surface area contributed by atoms with E-state index in [1.54, 1.807) is 6.92 Å². The van der Waals surface area contributed by atoms with Gasteiger partial charge in [0, 0.05) is 0 Å². The zero-order valence-electron chi connectivity index (χ0n) is 11.4. The lowest BCUT2D eigenvalue weighted by molar-refractivity contribution is -0.173. The second-order valence-corrected chi connectivity index (χ2v) is 5.72. The zero-order valence-corrected chi connectivity index (χ0v) is 12.2. The molecule has 0 fully saturated rings. The molecule has 1 heterocycles. The first-order valence-electron chi connectivity index (χ1n) is 6.23. The normalized spacial score (nSPS) is 14.9. The molecule has 0 saturated carbocycles. The smallest absolute Gasteiger partial charge is 0.412 e. The molecular formula is C11H17F3N4O2S. The van der Waals surface area contributed by atoms with Crippen LogP contribution in [0, 0.1) is 6.92 Å². The standard InChI is InChI=1S/C11H17F3N4O2S/c1-7-6-16-18(17-7)9(11(12,13)14)3-5-21-4-2-8(15)10(19)20/h6,8-9H,2-5,15H2,1H3,(H,19,20). The van der Waals surface area contributed by atoms with Crippen molar-refractivity contribution in [2.24, 2.45) is 5.73 Å². The molecule has 0 amide bonds. The lowest BCUT2D eigenvalue weighted by Gasteiger charge is -2.19. The summed E-state index contributed by atoms with van der Waals surface area (Å²) in [6.45, 7) is 1.57. The summed E-state index contributed by atoms with van der Waals surface area (Å²) in [6, 6.07) is -2.75. The van der Waals surface area contributed by atoms with Crippen LogP contribution < -0.4 is 5.73 Å². The quantitative estimate of drug-likeness (QED) is 0.705. The van der Waals surface area contributed by atoms with Crippen LogP contribution in [0.5, 0.6) is 0 Å². The van der Waals surface area contributed by atoms with Gasteiger partial charge in [-0.05, 0) is 31.3 Å². The van der Waals surface area contributed by atoms with E-state index < -0.39 is 24.2 Å². The number of thioether (sulfide) groups is 1. The van der Waals surface area contributed by atoms with Gasteiger partial charge in [-0.15, -0.1) is 0 Å². The van der Waals surface area contributed by atoms with Crippen molar-refractivity contribution >= 4 is 17.7 Å². The van der Waals surface area contributed by atoms with Crippen LogP contribution in [0.2, 0.25) is 0 Å². The number of hydrogen-bond donors (Lipinski definition) is 2. The van der Waals surface area contributed by atoms with Gasteiger partial charge in [-0.1, -0.05) is 0 Å². The van der Waals surface area contributed by atoms with E-state index in [0.717, 1.165) is 0 Å². The molecule has 120 valence electrons. The van der Waals surface area contributed by atoms with Gasteiger partial charge in [0.2, 0.25) is 0 Å². The molecule has 0 radical (unpaired) electrons. The van der Waals surface area contributed by atoms with E-state index in [-0.39, 0.29) is 18.6 Å². The van der Waals surface area contributed by atoms with Crippen LogP contribution in [0.15, 0.2) is 6.20 Å². The number of carboxylic acid groups (broad SMARTS) is 1. The molecule has 6 nitrogen and oxygen atoms in total. The van der Waals surface area contributed by atoms with Crippen molar-refractivity contribution in [1.29, 1.82) is 0 Å². The first kappa shape index (κ1) is 17.8. The van der Waals surface area contributed by atoms with Crippen LogP contribution in [0.3, 0.4) is 0 Å². The molecule has 21 heavy (non-hydrogen) atoms. The Morgan fingerprint density at radius 1 is 1.48 bits per heavy atom. The Hall–Kier alpha value is -1.29. The molecule has 0 bridgehead atoms. The molecule has 2 atom stereocenters. The van der Waals surface area contributed by atoms with Gasteiger partial charge in [0.1, 0.15) is 6.04 Å². The highest BCUT2D eigenvalue weighted by Gasteiger charge is 2.42. The van der Waals surface area contributed by atoms with Gasteiger partial charge in [-0.25, -0.2) is 0 Å². The Bertz CT molecular complexity index is 467. The van der Waals surface area contributed by atoms with Crippen LogP contribution in [0.25, 0.3) is 0 Å². The molecule has 3 N–H and O–H groups in total. The number of carbonyl (C=O) groups is 1. The fourth-order valence-corrected chi connectivity index (χ4v) is 2.56. The van der Waals surface area contributed by atoms with Crippen LogP contribution in [-0.2, 0) is 4.79 Å². The molecule has 0 aliphatic carbocycles. The summed E-state index contributed by atoms with van der Waals surface area (Å²) in [6.07, 6.45) is -3.11. The molecule has 1 aromatic heterocycles. The molecule has 0 aliphatic rings. The first-order chi connectivity index (χ1) is 9.71. The molecule has 1 rings (SSSR count). The van der Waals surface area contributed by atoms with Crippen molar-refractivity contribution in [2.75, 3.05) is 11.5 Å². The number of carboxylic acids is 1. The monoisotopic (exact) mass is 326 g/mol. The molecule has 0 aromatic carbocycles. The summed E-state index contributed by atoms with van der Waals surface area (Å²) in [5.41, 5.74) is 5.73. The lowest BCUT2D eigenvalue weighted by Crippen LogP contribution is -2.30. The number of halogens is 3. The molecule has 0 saturated heterocycles. The van der Waals surface area contributed by atoms with Gasteiger partial charge in [-0.3, -0.25) is 4.79 Å². The topological polar surface area (TPSA) is 94.0 Å². The summed E-state index contributed by atoms with van der Waals surface area (Å²) < 4.78 is 38.9. The predicted molar refractivity (Wildman–Crippen MR) is 72.0 cm³/mol. The average molecular weight is 326 g/mol. The van der Waals surface area contributed by atoms with E-state index in [1.165, 1.54) is 18.0 Å². The number of aromatic nitrogens is 3. The van der Waals surface area contributed by atoms with Crippen molar-refractivity contribution in [3.63, 3.8) is 0 Å². The maximum Gasteiger partial charge on any atom is 0.412 e. The van der Waals surface area contributed by atoms with Crippen LogP contribution in [0.1, 0.15) is 24.6 Å². The van der Waals surface area contributed by atoms with Crippen molar-refractivity contribution < 1.29 is 23.1 Å². The summed E-state index contributed by atoms with van der Waals surface area (Å²) in [7, 11) is 0. The Morgan fingerprint density at radius 3 is 2.57 bits per heavy atom. The van der Waals surface area contributed by atoms with Crippen molar-refractivity contribution in [3.8, 4) is 0 Å². The highest BCUT2D eigenvalue weighted by atomic mass is 32.2. The molecule has 2 unspecified atom stereocenters. The van der Waals surface area contributed by atoms with Crippen molar-refractivity contribution in [1.82, 2.24) is 15.0 Å². The molecule has 10 heteroatoms. The predicted octanol–water partition coefficient (Wildman–Crippen LogP) is 1.62. The Labute approximate surface area is 123 Å². The molecule has 0 spiro atoms. The average Bonchev–Trinajstić information content (AvgIpc) is 2.77. The Morgan fingerprint density at radius 2 is 2.10 bits per heavy atom. The van der Waals surface area contributed by atoms with Crippen molar-refractivity contribution in [3.05, 3.63) is 11.9 Å². The maximum absolute atomic E-state index is 13.0. The number of aliphatic carboxylic acids is 1. The second kappa shape index (κ2) is 7.64. The summed E-state index contributed by atoms with van der Waals surface area (Å²) in [5.74, 6) is -0.499. The maximum atomic E-state index is 13.0. The van der Waals surface area contributed by atoms with E-state index in [9.17, 15) is 18.0 Å². The van der Waals surface area contributed by atoms with Gasteiger partial charge in [0.25, 0.3) is 0 Å². The molecule has 0 aliphatic heterocycles. The highest BCUT2D eigenvalue weighted by Crippen LogP contribution is 2.33. The number of aryl methyl sites for hydroxylation is 1. The summed E-state index contributed by atoms with van der Waals surface area (Å²) in [4.78, 5) is 11.2. The Balaban J connectivity index is 2.44. The van der Waals surface area contributed by atoms with Crippen LogP contribution >= 0.6 is 11.8 Å². The number of nitrogens with two attached hydrogens (primary N) is 1. The SMILES string of the molecule is Cc1cnn(C(CCSCCC(N)C(=O)O)C(F)(F)F)n1. The number of hydrogen-bond acceptors (Lipinski definition) is 5. The first-order valence-corrected chi connectivity index (χ1v) is 7.38. The third-order valence-corrected chi connectivity index (χ3v) is 3.75. The Kier molecular flexibility index (Phi) is 6.46. The number of nitrogens with zero attached hydrogens (tertiary/aromatic N) is 3. The fourth-order valence-electron chi connectivity index (χ4n) is 1.55. The van der Waals surface area contributed by atoms with E-state index in [0.29, 0.717) is 16.2 Å². The third kappa shape index (κ3) is 5.92. The summed E-state index contributed by atoms with van der Waals surface area (Å²) in [5, 5.41) is 15.9. The second-order valence-electron chi connectivity index (χ2n) is 4.50. The number of rotatable bonds is 8.